The summed E-state index contributed by atoms with van der Waals surface area (Å²) in [5, 5.41) is 0.723. The summed E-state index contributed by atoms with van der Waals surface area (Å²) in [7, 11) is 1.63. The summed E-state index contributed by atoms with van der Waals surface area (Å²) in [6.45, 7) is 5.12. The van der Waals surface area contributed by atoms with Crippen LogP contribution in [-0.2, 0) is 0 Å². The Bertz CT molecular complexity index is 987. The molecule has 0 aliphatic carbocycles. The number of H-pyrrole nitrogens is 1. The Balaban J connectivity index is 1.76. The zero-order chi connectivity index (χ0) is 19.6. The van der Waals surface area contributed by atoms with Crippen molar-refractivity contribution in [1.82, 2.24) is 14.5 Å². The van der Waals surface area contributed by atoms with Crippen LogP contribution in [-0.4, -0.2) is 39.0 Å². The fraction of sp³-hybridized carbons (Fsp3) is 0.250. The van der Waals surface area contributed by atoms with Crippen molar-refractivity contribution in [2.45, 2.75) is 25.9 Å². The Morgan fingerprint density at radius 2 is 1.93 bits per heavy atom. The molecule has 7 heteroatoms. The lowest BCUT2D eigenvalue weighted by Crippen LogP contribution is -2.07. The average Bonchev–Trinajstić information content (AvgIpc) is 3.23. The fourth-order valence-electron chi connectivity index (χ4n) is 3.10. The SMILES string of the molecule is COc1ccc(-n2ccnc2SCC(=O)c2[nH]c(C)c(C(C)=O)c2C)cc1. The van der Waals surface area contributed by atoms with E-state index in [2.05, 4.69) is 9.97 Å². The Hall–Kier alpha value is -2.80. The van der Waals surface area contributed by atoms with Gasteiger partial charge in [-0.1, -0.05) is 11.8 Å². The van der Waals surface area contributed by atoms with Gasteiger partial charge >= 0.3 is 0 Å². The third-order valence-electron chi connectivity index (χ3n) is 4.36. The van der Waals surface area contributed by atoms with Gasteiger partial charge in [-0.2, -0.15) is 0 Å². The van der Waals surface area contributed by atoms with E-state index in [0.717, 1.165) is 22.3 Å². The van der Waals surface area contributed by atoms with E-state index in [4.69, 9.17) is 4.74 Å². The van der Waals surface area contributed by atoms with Crippen LogP contribution in [0.4, 0.5) is 0 Å². The van der Waals surface area contributed by atoms with Crippen LogP contribution in [0.3, 0.4) is 0 Å². The molecule has 1 aromatic carbocycles. The van der Waals surface area contributed by atoms with Crippen molar-refractivity contribution < 1.29 is 14.3 Å². The number of methoxy groups -OCH3 is 1. The van der Waals surface area contributed by atoms with Crippen molar-refractivity contribution in [3.63, 3.8) is 0 Å². The number of carbonyl (C=O) groups excluding carboxylic acids is 2. The first-order chi connectivity index (χ1) is 12.9. The molecule has 2 heterocycles. The van der Waals surface area contributed by atoms with Gasteiger partial charge in [0.1, 0.15) is 5.75 Å². The van der Waals surface area contributed by atoms with Crippen LogP contribution in [0.15, 0.2) is 41.8 Å². The van der Waals surface area contributed by atoms with Gasteiger partial charge in [0, 0.05) is 29.3 Å². The van der Waals surface area contributed by atoms with Gasteiger partial charge in [-0.3, -0.25) is 14.2 Å². The summed E-state index contributed by atoms with van der Waals surface area (Å²) < 4.78 is 7.10. The predicted octanol–water partition coefficient (Wildman–Crippen LogP) is 4.00. The molecule has 2 aromatic heterocycles. The highest BCUT2D eigenvalue weighted by Gasteiger charge is 2.20. The molecule has 3 aromatic rings. The molecular weight excluding hydrogens is 362 g/mol. The van der Waals surface area contributed by atoms with Crippen molar-refractivity contribution >= 4 is 23.3 Å². The van der Waals surface area contributed by atoms with Crippen molar-refractivity contribution in [2.75, 3.05) is 12.9 Å². The van der Waals surface area contributed by atoms with E-state index in [1.165, 1.54) is 18.7 Å². The van der Waals surface area contributed by atoms with E-state index in [0.29, 0.717) is 16.8 Å². The molecule has 0 atom stereocenters. The molecular formula is C20H21N3O3S. The van der Waals surface area contributed by atoms with E-state index in [9.17, 15) is 9.59 Å². The minimum Gasteiger partial charge on any atom is -0.497 e. The highest BCUT2D eigenvalue weighted by Crippen LogP contribution is 2.25. The molecule has 0 aliphatic heterocycles. The van der Waals surface area contributed by atoms with E-state index in [-0.39, 0.29) is 17.3 Å². The number of Topliss-reactive ketones (excluding diaryl/α,β-unsaturated/α-hetero) is 2. The average molecular weight is 383 g/mol. The van der Waals surface area contributed by atoms with Gasteiger partial charge < -0.3 is 9.72 Å². The molecule has 0 spiro atoms. The minimum atomic E-state index is -0.0580. The molecule has 6 nitrogen and oxygen atoms in total. The largest absolute Gasteiger partial charge is 0.497 e. The number of nitrogens with one attached hydrogen (secondary N) is 1. The maximum absolute atomic E-state index is 12.7. The van der Waals surface area contributed by atoms with Gasteiger partial charge in [0.25, 0.3) is 0 Å². The van der Waals surface area contributed by atoms with Crippen LogP contribution in [0.1, 0.15) is 39.0 Å². The smallest absolute Gasteiger partial charge is 0.189 e. The second-order valence-corrected chi connectivity index (χ2v) is 7.11. The summed E-state index contributed by atoms with van der Waals surface area (Å²) in [6, 6.07) is 7.63. The van der Waals surface area contributed by atoms with Gasteiger partial charge in [0.15, 0.2) is 16.7 Å². The zero-order valence-corrected chi connectivity index (χ0v) is 16.5. The fourth-order valence-corrected chi connectivity index (χ4v) is 3.94. The first-order valence-corrected chi connectivity index (χ1v) is 9.44. The Kier molecular flexibility index (Phi) is 5.51. The summed E-state index contributed by atoms with van der Waals surface area (Å²) in [4.78, 5) is 31.8. The van der Waals surface area contributed by atoms with E-state index >= 15 is 0 Å². The number of ether oxygens (including phenoxy) is 1. The molecule has 0 bridgehead atoms. The van der Waals surface area contributed by atoms with Crippen molar-refractivity contribution in [1.29, 1.82) is 0 Å². The number of hydrogen-bond acceptors (Lipinski definition) is 5. The van der Waals surface area contributed by atoms with E-state index in [1.54, 1.807) is 20.2 Å². The number of thioether (sulfide) groups is 1. The lowest BCUT2D eigenvalue weighted by Gasteiger charge is -2.08. The summed E-state index contributed by atoms with van der Waals surface area (Å²) >= 11 is 1.36. The number of aromatic nitrogens is 3. The summed E-state index contributed by atoms with van der Waals surface area (Å²) in [5.41, 5.74) is 3.47. The molecule has 0 fully saturated rings. The molecule has 140 valence electrons. The maximum Gasteiger partial charge on any atom is 0.189 e. The zero-order valence-electron chi connectivity index (χ0n) is 15.7. The van der Waals surface area contributed by atoms with Crippen LogP contribution in [0.2, 0.25) is 0 Å². The highest BCUT2D eigenvalue weighted by molar-refractivity contribution is 7.99. The van der Waals surface area contributed by atoms with E-state index in [1.807, 2.05) is 42.0 Å². The molecule has 3 rings (SSSR count). The van der Waals surface area contributed by atoms with Crippen LogP contribution >= 0.6 is 11.8 Å². The normalized spacial score (nSPS) is 10.8. The second-order valence-electron chi connectivity index (χ2n) is 6.17. The molecule has 0 saturated heterocycles. The van der Waals surface area contributed by atoms with Gasteiger partial charge in [-0.25, -0.2) is 4.98 Å². The lowest BCUT2D eigenvalue weighted by molar-refractivity contribution is 0.101. The number of hydrogen-bond donors (Lipinski definition) is 1. The number of carbonyl (C=O) groups is 2. The lowest BCUT2D eigenvalue weighted by atomic mass is 10.1. The van der Waals surface area contributed by atoms with Gasteiger partial charge in [0.2, 0.25) is 0 Å². The van der Waals surface area contributed by atoms with Gasteiger partial charge in [0.05, 0.1) is 18.6 Å². The molecule has 0 aliphatic rings. The third-order valence-corrected chi connectivity index (χ3v) is 5.32. The molecule has 1 N–H and O–H groups in total. The van der Waals surface area contributed by atoms with Crippen molar-refractivity contribution in [2.24, 2.45) is 0 Å². The molecule has 0 saturated carbocycles. The van der Waals surface area contributed by atoms with Crippen LogP contribution < -0.4 is 4.74 Å². The van der Waals surface area contributed by atoms with E-state index < -0.39 is 0 Å². The standard InChI is InChI=1S/C20H21N3O3S/c1-12-18(14(3)24)13(2)22-19(12)17(25)11-27-20-21-9-10-23(20)15-5-7-16(26-4)8-6-15/h5-10,22H,11H2,1-4H3. The quantitative estimate of drug-likeness (QED) is 0.493. The summed E-state index contributed by atoms with van der Waals surface area (Å²) in [6.07, 6.45) is 3.56. The third kappa shape index (κ3) is 3.83. The number of aromatic amines is 1. The van der Waals surface area contributed by atoms with Crippen LogP contribution in [0.5, 0.6) is 5.75 Å². The first-order valence-electron chi connectivity index (χ1n) is 8.46. The predicted molar refractivity (Wildman–Crippen MR) is 105 cm³/mol. The summed E-state index contributed by atoms with van der Waals surface area (Å²) in [5.74, 6) is 0.910. The number of rotatable bonds is 7. The minimum absolute atomic E-state index is 0.0389. The topological polar surface area (TPSA) is 77.0 Å². The molecule has 0 radical (unpaired) electrons. The highest BCUT2D eigenvalue weighted by atomic mass is 32.2. The second kappa shape index (κ2) is 7.84. The molecule has 27 heavy (non-hydrogen) atoms. The monoisotopic (exact) mass is 383 g/mol. The molecule has 0 unspecified atom stereocenters. The first kappa shape index (κ1) is 19.0. The molecule has 0 amide bonds. The van der Waals surface area contributed by atoms with Gasteiger partial charge in [-0.05, 0) is 50.6 Å². The number of benzene rings is 1. The van der Waals surface area contributed by atoms with Crippen LogP contribution in [0, 0.1) is 13.8 Å². The van der Waals surface area contributed by atoms with Gasteiger partial charge in [-0.15, -0.1) is 0 Å². The number of aryl methyl sites for hydroxylation is 1. The van der Waals surface area contributed by atoms with Crippen molar-refractivity contribution in [3.05, 3.63) is 59.2 Å². The Morgan fingerprint density at radius 3 is 2.52 bits per heavy atom. The van der Waals surface area contributed by atoms with Crippen molar-refractivity contribution in [3.8, 4) is 11.4 Å². The Labute approximate surface area is 162 Å². The maximum atomic E-state index is 12.7. The number of ketones is 2. The van der Waals surface area contributed by atoms with Crippen LogP contribution in [0.25, 0.3) is 5.69 Å². The Morgan fingerprint density at radius 1 is 1.22 bits per heavy atom. The number of imidazole rings is 1. The number of nitrogens with zero attached hydrogens (tertiary/aromatic N) is 2.